The van der Waals surface area contributed by atoms with Crippen molar-refractivity contribution in [3.8, 4) is 0 Å². The summed E-state index contributed by atoms with van der Waals surface area (Å²) < 4.78 is 31.4. The van der Waals surface area contributed by atoms with E-state index < -0.39 is 24.4 Å². The number of H-pyrrole nitrogens is 1. The molecule has 0 aromatic carbocycles. The summed E-state index contributed by atoms with van der Waals surface area (Å²) in [6.45, 7) is 11.1. The quantitative estimate of drug-likeness (QED) is 0.653. The van der Waals surface area contributed by atoms with E-state index in [1.54, 1.807) is 34.6 Å². The number of aromatic nitrogens is 2. The Kier molecular flexibility index (Phi) is 6.33. The van der Waals surface area contributed by atoms with E-state index in [2.05, 4.69) is 4.98 Å². The highest BCUT2D eigenvalue weighted by Crippen LogP contribution is 2.55. The minimum absolute atomic E-state index is 0.176. The van der Waals surface area contributed by atoms with E-state index in [0.29, 0.717) is 5.56 Å². The van der Waals surface area contributed by atoms with Gasteiger partial charge in [0, 0.05) is 11.8 Å². The van der Waals surface area contributed by atoms with E-state index in [0.717, 1.165) is 6.42 Å². The molecule has 1 N–H and O–H groups in total. The van der Waals surface area contributed by atoms with Crippen LogP contribution in [0.15, 0.2) is 15.8 Å². The molecule has 26 heavy (non-hydrogen) atoms. The molecule has 2 unspecified atom stereocenters. The van der Waals surface area contributed by atoms with Crippen LogP contribution in [0.4, 0.5) is 0 Å². The number of rotatable bonds is 9. The zero-order valence-electron chi connectivity index (χ0n) is 16.3. The van der Waals surface area contributed by atoms with Crippen molar-refractivity contribution in [3.63, 3.8) is 0 Å². The average molecular weight is 388 g/mol. The number of hydrogen-bond acceptors (Lipinski definition) is 6. The maximum atomic E-state index is 12.9. The molecular weight excluding hydrogens is 359 g/mol. The number of nitrogens with zero attached hydrogens (tertiary/aromatic N) is 1. The monoisotopic (exact) mass is 388 g/mol. The minimum Gasteiger partial charge on any atom is -0.360 e. The predicted octanol–water partition coefficient (Wildman–Crippen LogP) is 2.64. The van der Waals surface area contributed by atoms with Crippen molar-refractivity contribution in [2.24, 2.45) is 5.92 Å². The molecule has 1 heterocycles. The molecule has 9 heteroatoms. The van der Waals surface area contributed by atoms with Gasteiger partial charge < -0.3 is 13.8 Å². The highest BCUT2D eigenvalue weighted by Gasteiger charge is 2.54. The van der Waals surface area contributed by atoms with Crippen LogP contribution in [0.3, 0.4) is 0 Å². The fourth-order valence-corrected chi connectivity index (χ4v) is 4.76. The van der Waals surface area contributed by atoms with Crippen LogP contribution in [-0.4, -0.2) is 33.7 Å². The van der Waals surface area contributed by atoms with Crippen molar-refractivity contribution in [2.75, 3.05) is 6.35 Å². The van der Waals surface area contributed by atoms with E-state index in [-0.39, 0.29) is 31.0 Å². The van der Waals surface area contributed by atoms with Crippen molar-refractivity contribution in [1.29, 1.82) is 0 Å². The van der Waals surface area contributed by atoms with Crippen LogP contribution >= 0.6 is 7.60 Å². The topological polar surface area (TPSA) is 99.6 Å². The standard InChI is InChI=1S/C17H29N2O6P/c1-11(2)24-26(22,25-12(3)4)10-23-17(7-14(17)6)9-19-8-13(5)15(20)18-16(19)21/h8,11-12,14H,7,9-10H2,1-6H3,(H,18,20,21). The van der Waals surface area contributed by atoms with Gasteiger partial charge in [-0.3, -0.25) is 18.9 Å². The molecule has 2 rings (SSSR count). The molecule has 0 aliphatic heterocycles. The Morgan fingerprint density at radius 2 is 1.81 bits per heavy atom. The Bertz CT molecular complexity index is 785. The molecule has 1 aromatic rings. The lowest BCUT2D eigenvalue weighted by molar-refractivity contribution is 0.0170. The maximum absolute atomic E-state index is 12.9. The lowest BCUT2D eigenvalue weighted by atomic mass is 10.2. The first-order chi connectivity index (χ1) is 12.0. The highest BCUT2D eigenvalue weighted by molar-refractivity contribution is 7.53. The van der Waals surface area contributed by atoms with Gasteiger partial charge in [-0.15, -0.1) is 0 Å². The SMILES string of the molecule is Cc1cn(CC2(OCP(=O)(OC(C)C)OC(C)C)CC2C)c(=O)[nH]c1=O. The summed E-state index contributed by atoms with van der Waals surface area (Å²) in [5.74, 6) is 0.188. The first kappa shape index (κ1) is 21.1. The van der Waals surface area contributed by atoms with E-state index in [4.69, 9.17) is 13.8 Å². The van der Waals surface area contributed by atoms with E-state index in [1.807, 2.05) is 6.92 Å². The van der Waals surface area contributed by atoms with Crippen LogP contribution in [0.25, 0.3) is 0 Å². The summed E-state index contributed by atoms with van der Waals surface area (Å²) in [7, 11) is -3.42. The van der Waals surface area contributed by atoms with Crippen molar-refractivity contribution >= 4 is 7.60 Å². The van der Waals surface area contributed by atoms with Crippen molar-refractivity contribution in [3.05, 3.63) is 32.6 Å². The Morgan fingerprint density at radius 1 is 1.27 bits per heavy atom. The van der Waals surface area contributed by atoms with E-state index >= 15 is 0 Å². The molecule has 0 radical (unpaired) electrons. The maximum Gasteiger partial charge on any atom is 0.356 e. The van der Waals surface area contributed by atoms with Crippen molar-refractivity contribution in [2.45, 2.75) is 72.3 Å². The molecule has 1 aliphatic carbocycles. The summed E-state index contributed by atoms with van der Waals surface area (Å²) in [6.07, 6.45) is 1.54. The first-order valence-corrected chi connectivity index (χ1v) is 10.6. The highest BCUT2D eigenvalue weighted by atomic mass is 31.2. The van der Waals surface area contributed by atoms with Crippen molar-refractivity contribution in [1.82, 2.24) is 9.55 Å². The van der Waals surface area contributed by atoms with Crippen LogP contribution in [0, 0.1) is 12.8 Å². The molecule has 0 amide bonds. The smallest absolute Gasteiger partial charge is 0.356 e. The minimum atomic E-state index is -3.42. The lowest BCUT2D eigenvalue weighted by Gasteiger charge is -2.26. The predicted molar refractivity (Wildman–Crippen MR) is 98.6 cm³/mol. The molecule has 0 spiro atoms. The normalized spacial score (nSPS) is 23.0. The summed E-state index contributed by atoms with van der Waals surface area (Å²) in [5.41, 5.74) is -1.05. The number of hydrogen-bond donors (Lipinski definition) is 1. The fraction of sp³-hybridized carbons (Fsp3) is 0.765. The summed E-state index contributed by atoms with van der Waals surface area (Å²) >= 11 is 0. The molecule has 1 aromatic heterocycles. The van der Waals surface area contributed by atoms with E-state index in [9.17, 15) is 14.2 Å². The summed E-state index contributed by atoms with van der Waals surface area (Å²) in [4.78, 5) is 25.9. The molecule has 8 nitrogen and oxygen atoms in total. The summed E-state index contributed by atoms with van der Waals surface area (Å²) in [6, 6.07) is 0. The van der Waals surface area contributed by atoms with E-state index in [1.165, 1.54) is 10.8 Å². The van der Waals surface area contributed by atoms with Crippen LogP contribution < -0.4 is 11.2 Å². The second kappa shape index (κ2) is 7.80. The number of aromatic amines is 1. The molecule has 0 bridgehead atoms. The first-order valence-electron chi connectivity index (χ1n) is 8.86. The van der Waals surface area contributed by atoms with Crippen LogP contribution in [0.5, 0.6) is 0 Å². The molecule has 0 saturated heterocycles. The van der Waals surface area contributed by atoms with Gasteiger partial charge in [0.25, 0.3) is 5.56 Å². The Hall–Kier alpha value is -1.21. The van der Waals surface area contributed by atoms with Crippen LogP contribution in [0.2, 0.25) is 0 Å². The second-order valence-corrected chi connectivity index (χ2v) is 9.46. The zero-order valence-corrected chi connectivity index (χ0v) is 17.2. The number of ether oxygens (including phenoxy) is 1. The van der Waals surface area contributed by atoms with Gasteiger partial charge in [0.1, 0.15) is 6.35 Å². The zero-order chi connectivity index (χ0) is 19.7. The lowest BCUT2D eigenvalue weighted by Crippen LogP contribution is -2.36. The van der Waals surface area contributed by atoms with Gasteiger partial charge in [0.05, 0.1) is 24.4 Å². The average Bonchev–Trinajstić information content (AvgIpc) is 3.11. The van der Waals surface area contributed by atoms with Gasteiger partial charge in [-0.2, -0.15) is 0 Å². The Balaban J connectivity index is 2.15. The molecule has 148 valence electrons. The number of aryl methyl sites for hydroxylation is 1. The molecular formula is C17H29N2O6P. The van der Waals surface area contributed by atoms with Gasteiger partial charge in [0.2, 0.25) is 0 Å². The van der Waals surface area contributed by atoms with Gasteiger partial charge in [0.15, 0.2) is 0 Å². The fourth-order valence-electron chi connectivity index (χ4n) is 2.89. The second-order valence-electron chi connectivity index (χ2n) is 7.56. The van der Waals surface area contributed by atoms with Crippen LogP contribution in [-0.2, 0) is 24.9 Å². The number of nitrogens with one attached hydrogen (secondary N) is 1. The molecule has 2 atom stereocenters. The van der Waals surface area contributed by atoms with Gasteiger partial charge in [-0.25, -0.2) is 4.79 Å². The third kappa shape index (κ3) is 5.16. The Morgan fingerprint density at radius 3 is 2.27 bits per heavy atom. The third-order valence-electron chi connectivity index (χ3n) is 4.27. The van der Waals surface area contributed by atoms with Gasteiger partial charge in [-0.05, 0) is 47.0 Å². The third-order valence-corrected chi connectivity index (χ3v) is 6.20. The molecule has 1 fully saturated rings. The Labute approximate surface area is 153 Å². The largest absolute Gasteiger partial charge is 0.360 e. The molecule has 1 saturated carbocycles. The van der Waals surface area contributed by atoms with Crippen LogP contribution in [0.1, 0.15) is 46.6 Å². The van der Waals surface area contributed by atoms with Gasteiger partial charge in [-0.1, -0.05) is 6.92 Å². The summed E-state index contributed by atoms with van der Waals surface area (Å²) in [5, 5.41) is 0. The van der Waals surface area contributed by atoms with Gasteiger partial charge >= 0.3 is 13.3 Å². The molecule has 1 aliphatic rings. The van der Waals surface area contributed by atoms with Crippen molar-refractivity contribution < 1.29 is 18.3 Å².